The van der Waals surface area contributed by atoms with Crippen molar-refractivity contribution in [2.75, 3.05) is 18.4 Å². The second kappa shape index (κ2) is 7.11. The van der Waals surface area contributed by atoms with Crippen LogP contribution in [0.1, 0.15) is 69.6 Å². The molecule has 1 spiro atoms. The Hall–Kier alpha value is -2.44. The molecule has 0 bridgehead atoms. The van der Waals surface area contributed by atoms with E-state index < -0.39 is 0 Å². The van der Waals surface area contributed by atoms with Gasteiger partial charge < -0.3 is 10.2 Å². The van der Waals surface area contributed by atoms with Gasteiger partial charge in [-0.15, -0.1) is 0 Å². The first-order valence-electron chi connectivity index (χ1n) is 10.6. The lowest BCUT2D eigenvalue weighted by Gasteiger charge is -2.40. The number of carbonyl (C=O) groups is 1. The highest BCUT2D eigenvalue weighted by atomic mass is 16.2. The van der Waals surface area contributed by atoms with E-state index in [0.717, 1.165) is 61.7 Å². The quantitative estimate of drug-likeness (QED) is 0.863. The van der Waals surface area contributed by atoms with Gasteiger partial charge in [0.15, 0.2) is 0 Å². The van der Waals surface area contributed by atoms with Crippen LogP contribution in [0.2, 0.25) is 0 Å². The molecular weight excluding hydrogens is 364 g/mol. The average Bonchev–Trinajstić information content (AvgIpc) is 3.23. The topological polar surface area (TPSA) is 75.9 Å². The molecule has 0 saturated carbocycles. The number of fused-ring (bicyclic) bond motifs is 2. The van der Waals surface area contributed by atoms with Gasteiger partial charge in [-0.25, -0.2) is 9.97 Å². The Labute approximate surface area is 172 Å². The Bertz CT molecular complexity index is 928. The van der Waals surface area contributed by atoms with E-state index in [1.54, 1.807) is 6.92 Å². The van der Waals surface area contributed by atoms with Crippen LogP contribution in [-0.2, 0) is 35.6 Å². The molecule has 2 aromatic heterocycles. The number of hydrogen-bond acceptors (Lipinski definition) is 5. The first kappa shape index (κ1) is 19.9. The van der Waals surface area contributed by atoms with Crippen LogP contribution in [0.3, 0.4) is 0 Å². The summed E-state index contributed by atoms with van der Waals surface area (Å²) < 4.78 is 1.81. The van der Waals surface area contributed by atoms with Crippen molar-refractivity contribution in [1.82, 2.24) is 24.6 Å². The third kappa shape index (κ3) is 3.74. The van der Waals surface area contributed by atoms with Crippen molar-refractivity contribution in [1.29, 1.82) is 0 Å². The molecule has 0 aromatic carbocycles. The second-order valence-corrected chi connectivity index (χ2v) is 9.67. The van der Waals surface area contributed by atoms with E-state index in [4.69, 9.17) is 9.97 Å². The molecule has 1 unspecified atom stereocenters. The zero-order chi connectivity index (χ0) is 20.8. The van der Waals surface area contributed by atoms with Crippen LogP contribution in [0.4, 0.5) is 5.82 Å². The Morgan fingerprint density at radius 1 is 1.28 bits per heavy atom. The summed E-state index contributed by atoms with van der Waals surface area (Å²) >= 11 is 0. The smallest absolute Gasteiger partial charge is 0.219 e. The summed E-state index contributed by atoms with van der Waals surface area (Å²) in [4.78, 5) is 24.1. The number of aryl methyl sites for hydroxylation is 1. The van der Waals surface area contributed by atoms with Gasteiger partial charge in [0.05, 0.1) is 11.9 Å². The largest absolute Gasteiger partial charge is 0.366 e. The lowest BCUT2D eigenvalue weighted by atomic mass is 9.77. The van der Waals surface area contributed by atoms with E-state index in [9.17, 15) is 4.79 Å². The van der Waals surface area contributed by atoms with Crippen molar-refractivity contribution < 1.29 is 4.79 Å². The van der Waals surface area contributed by atoms with Gasteiger partial charge >= 0.3 is 0 Å². The maximum Gasteiger partial charge on any atom is 0.219 e. The van der Waals surface area contributed by atoms with E-state index in [2.05, 4.69) is 31.2 Å². The van der Waals surface area contributed by atoms with E-state index in [1.165, 1.54) is 5.56 Å². The van der Waals surface area contributed by atoms with Crippen LogP contribution in [0.5, 0.6) is 0 Å². The predicted molar refractivity (Wildman–Crippen MR) is 113 cm³/mol. The van der Waals surface area contributed by atoms with Gasteiger partial charge in [-0.3, -0.25) is 9.48 Å². The third-order valence-corrected chi connectivity index (χ3v) is 6.27. The summed E-state index contributed by atoms with van der Waals surface area (Å²) in [6.45, 7) is 10.5. The molecule has 4 rings (SSSR count). The predicted octanol–water partition coefficient (Wildman–Crippen LogP) is 2.95. The Balaban J connectivity index is 1.72. The summed E-state index contributed by atoms with van der Waals surface area (Å²) in [5.41, 5.74) is 3.35. The molecule has 29 heavy (non-hydrogen) atoms. The fourth-order valence-electron chi connectivity index (χ4n) is 4.67. The van der Waals surface area contributed by atoms with Gasteiger partial charge in [-0.1, -0.05) is 20.8 Å². The number of likely N-dealkylation sites (tertiary alicyclic amines) is 1. The number of nitrogens with zero attached hydrogens (tertiary/aromatic N) is 5. The first-order valence-corrected chi connectivity index (χ1v) is 10.6. The fourth-order valence-corrected chi connectivity index (χ4v) is 4.67. The molecule has 2 aromatic rings. The van der Waals surface area contributed by atoms with Crippen LogP contribution >= 0.6 is 0 Å². The number of anilines is 1. The lowest BCUT2D eigenvalue weighted by Crippen LogP contribution is -2.47. The highest BCUT2D eigenvalue weighted by Gasteiger charge is 2.45. The second-order valence-electron chi connectivity index (χ2n) is 9.67. The van der Waals surface area contributed by atoms with Crippen molar-refractivity contribution in [2.24, 2.45) is 7.05 Å². The standard InChI is InChI=1S/C22H32N6O/c1-15(29)28-10-6-8-22(14-28)9-7-17-18(22)25-20(21(2,3)4)26-19(17)23-11-16-12-24-27(5)13-16/h12-13H,6-11,14H2,1-5H3,(H,23,25,26). The van der Waals surface area contributed by atoms with Crippen molar-refractivity contribution in [3.63, 3.8) is 0 Å². The molecule has 1 aliphatic carbocycles. The summed E-state index contributed by atoms with van der Waals surface area (Å²) in [5, 5.41) is 7.82. The van der Waals surface area contributed by atoms with Crippen LogP contribution in [0.15, 0.2) is 12.4 Å². The van der Waals surface area contributed by atoms with Gasteiger partial charge in [-0.2, -0.15) is 5.10 Å². The van der Waals surface area contributed by atoms with Gasteiger partial charge in [0, 0.05) is 61.8 Å². The summed E-state index contributed by atoms with van der Waals surface area (Å²) in [6.07, 6.45) is 8.02. The minimum Gasteiger partial charge on any atom is -0.366 e. The maximum absolute atomic E-state index is 12.1. The molecule has 3 heterocycles. The summed E-state index contributed by atoms with van der Waals surface area (Å²) in [7, 11) is 1.93. The fraction of sp³-hybridized carbons (Fsp3) is 0.636. The van der Waals surface area contributed by atoms with Crippen LogP contribution in [-0.4, -0.2) is 43.6 Å². The number of carbonyl (C=O) groups excluding carboxylic acids is 1. The molecule has 1 atom stereocenters. The molecule has 2 aliphatic rings. The van der Waals surface area contributed by atoms with Crippen molar-refractivity contribution in [3.8, 4) is 0 Å². The number of amides is 1. The zero-order valence-corrected chi connectivity index (χ0v) is 18.2. The number of nitrogens with one attached hydrogen (secondary N) is 1. The SMILES string of the molecule is CC(=O)N1CCCC2(CCc3c(NCc4cnn(C)c4)nc(C(C)(C)C)nc32)C1. The molecule has 1 fully saturated rings. The van der Waals surface area contributed by atoms with Gasteiger partial charge in [0.25, 0.3) is 0 Å². The van der Waals surface area contributed by atoms with Gasteiger partial charge in [0.1, 0.15) is 11.6 Å². The van der Waals surface area contributed by atoms with Crippen molar-refractivity contribution in [3.05, 3.63) is 35.0 Å². The Morgan fingerprint density at radius 3 is 2.72 bits per heavy atom. The molecule has 7 heteroatoms. The van der Waals surface area contributed by atoms with Gasteiger partial charge in [-0.05, 0) is 25.7 Å². The zero-order valence-electron chi connectivity index (χ0n) is 18.2. The van der Waals surface area contributed by atoms with Crippen molar-refractivity contribution >= 4 is 11.7 Å². The van der Waals surface area contributed by atoms with Crippen LogP contribution in [0, 0.1) is 0 Å². The number of hydrogen-bond donors (Lipinski definition) is 1. The first-order chi connectivity index (χ1) is 13.7. The molecular formula is C22H32N6O. The Kier molecular flexibility index (Phi) is 4.87. The third-order valence-electron chi connectivity index (χ3n) is 6.27. The van der Waals surface area contributed by atoms with E-state index in [-0.39, 0.29) is 16.7 Å². The Morgan fingerprint density at radius 2 is 2.07 bits per heavy atom. The number of piperidine rings is 1. The molecule has 1 saturated heterocycles. The molecule has 1 N–H and O–H groups in total. The highest BCUT2D eigenvalue weighted by Crippen LogP contribution is 2.46. The summed E-state index contributed by atoms with van der Waals surface area (Å²) in [5.74, 6) is 1.98. The van der Waals surface area contributed by atoms with Gasteiger partial charge in [0.2, 0.25) is 5.91 Å². The number of aromatic nitrogens is 4. The minimum atomic E-state index is -0.140. The van der Waals surface area contributed by atoms with E-state index in [0.29, 0.717) is 6.54 Å². The summed E-state index contributed by atoms with van der Waals surface area (Å²) in [6, 6.07) is 0. The van der Waals surface area contributed by atoms with E-state index >= 15 is 0 Å². The van der Waals surface area contributed by atoms with Crippen molar-refractivity contribution in [2.45, 2.75) is 70.8 Å². The minimum absolute atomic E-state index is 0.0348. The molecule has 156 valence electrons. The van der Waals surface area contributed by atoms with Crippen LogP contribution < -0.4 is 5.32 Å². The monoisotopic (exact) mass is 396 g/mol. The lowest BCUT2D eigenvalue weighted by molar-refractivity contribution is -0.131. The molecule has 7 nitrogen and oxygen atoms in total. The maximum atomic E-state index is 12.1. The molecule has 0 radical (unpaired) electrons. The van der Waals surface area contributed by atoms with Crippen LogP contribution in [0.25, 0.3) is 0 Å². The average molecular weight is 397 g/mol. The van der Waals surface area contributed by atoms with E-state index in [1.807, 2.05) is 29.0 Å². The number of rotatable bonds is 3. The molecule has 1 amide bonds. The molecule has 1 aliphatic heterocycles. The highest BCUT2D eigenvalue weighted by molar-refractivity contribution is 5.73. The normalized spacial score (nSPS) is 21.5.